The first-order valence-electron chi connectivity index (χ1n) is 4.71. The Balaban J connectivity index is 2.15. The van der Waals surface area contributed by atoms with E-state index in [9.17, 15) is 4.79 Å². The molecule has 1 fully saturated rings. The topological polar surface area (TPSA) is 29.5 Å². The molecule has 76 valence electrons. The number of amides is 1. The first kappa shape index (κ1) is 9.75. The minimum absolute atomic E-state index is 0.0563. The fourth-order valence-electron chi connectivity index (χ4n) is 1.57. The number of rotatable bonds is 2. The Labute approximate surface area is 88.6 Å². The summed E-state index contributed by atoms with van der Waals surface area (Å²) in [6.45, 7) is 0.588. The van der Waals surface area contributed by atoms with Crippen LogP contribution in [0.2, 0.25) is 0 Å². The van der Waals surface area contributed by atoms with E-state index in [0.29, 0.717) is 6.54 Å². The Kier molecular flexibility index (Phi) is 2.70. The highest BCUT2D eigenvalue weighted by molar-refractivity contribution is 5.83. The summed E-state index contributed by atoms with van der Waals surface area (Å²) in [7, 11) is 0. The van der Waals surface area contributed by atoms with Gasteiger partial charge < -0.3 is 9.64 Å². The van der Waals surface area contributed by atoms with Crippen molar-refractivity contribution < 1.29 is 9.53 Å². The second kappa shape index (κ2) is 4.16. The minimum atomic E-state index is -0.487. The van der Waals surface area contributed by atoms with Crippen LogP contribution in [0.1, 0.15) is 11.7 Å². The van der Waals surface area contributed by atoms with E-state index in [-0.39, 0.29) is 12.6 Å². The smallest absolute Gasteiger partial charge is 0.259 e. The van der Waals surface area contributed by atoms with E-state index in [4.69, 9.17) is 11.2 Å². The number of hydrogen-bond acceptors (Lipinski definition) is 2. The molecule has 0 aromatic heterocycles. The molecule has 1 aromatic carbocycles. The maximum atomic E-state index is 11.8. The van der Waals surface area contributed by atoms with Crippen molar-refractivity contribution in [3.8, 4) is 12.3 Å². The zero-order valence-electron chi connectivity index (χ0n) is 8.22. The molecule has 0 spiro atoms. The van der Waals surface area contributed by atoms with Gasteiger partial charge in [0.2, 0.25) is 0 Å². The van der Waals surface area contributed by atoms with Gasteiger partial charge in [-0.15, -0.1) is 6.42 Å². The molecule has 3 heteroatoms. The molecule has 15 heavy (non-hydrogen) atoms. The summed E-state index contributed by atoms with van der Waals surface area (Å²) in [5.74, 6) is 2.38. The quantitative estimate of drug-likeness (QED) is 0.672. The van der Waals surface area contributed by atoms with Crippen molar-refractivity contribution >= 4 is 5.91 Å². The highest BCUT2D eigenvalue weighted by Crippen LogP contribution is 2.25. The third kappa shape index (κ3) is 1.85. The maximum absolute atomic E-state index is 11.8. The van der Waals surface area contributed by atoms with Gasteiger partial charge in [-0.05, 0) is 5.56 Å². The van der Waals surface area contributed by atoms with E-state index in [2.05, 4.69) is 5.92 Å². The third-order valence-corrected chi connectivity index (χ3v) is 2.32. The lowest BCUT2D eigenvalue weighted by atomic mass is 10.1. The van der Waals surface area contributed by atoms with E-state index in [1.54, 1.807) is 0 Å². The second-order valence-corrected chi connectivity index (χ2v) is 3.33. The van der Waals surface area contributed by atoms with Crippen LogP contribution in [0.15, 0.2) is 30.3 Å². The second-order valence-electron chi connectivity index (χ2n) is 3.33. The van der Waals surface area contributed by atoms with Crippen LogP contribution >= 0.6 is 0 Å². The number of nitrogens with zero attached hydrogens (tertiary/aromatic N) is 1. The number of ether oxygens (including phenoxy) is 1. The molecule has 1 aromatic rings. The highest BCUT2D eigenvalue weighted by Gasteiger charge is 2.32. The van der Waals surface area contributed by atoms with E-state index in [1.165, 1.54) is 4.90 Å². The van der Waals surface area contributed by atoms with Gasteiger partial charge in [0.1, 0.15) is 6.73 Å². The normalized spacial score (nSPS) is 20.3. The molecule has 1 heterocycles. The number of carbonyl (C=O) groups excluding carboxylic acids is 1. The lowest BCUT2D eigenvalue weighted by Crippen LogP contribution is -2.26. The van der Waals surface area contributed by atoms with Crippen LogP contribution in [0.5, 0.6) is 0 Å². The minimum Gasteiger partial charge on any atom is -0.343 e. The summed E-state index contributed by atoms with van der Waals surface area (Å²) in [6, 6.07) is 9.43. The van der Waals surface area contributed by atoms with Gasteiger partial charge in [0.05, 0.1) is 6.54 Å². The molecule has 1 atom stereocenters. The Hall–Kier alpha value is -1.79. The Morgan fingerprint density at radius 2 is 2.20 bits per heavy atom. The molecule has 1 amide bonds. The van der Waals surface area contributed by atoms with E-state index in [1.807, 2.05) is 30.3 Å². The van der Waals surface area contributed by atoms with Crippen molar-refractivity contribution in [2.24, 2.45) is 0 Å². The predicted molar refractivity (Wildman–Crippen MR) is 55.7 cm³/mol. The molecule has 0 unspecified atom stereocenters. The van der Waals surface area contributed by atoms with Crippen molar-refractivity contribution in [1.29, 1.82) is 0 Å². The Morgan fingerprint density at radius 1 is 1.47 bits per heavy atom. The van der Waals surface area contributed by atoms with Crippen molar-refractivity contribution in [2.75, 3.05) is 13.3 Å². The third-order valence-electron chi connectivity index (χ3n) is 2.32. The molecule has 1 aliphatic rings. The number of benzene rings is 1. The van der Waals surface area contributed by atoms with Crippen molar-refractivity contribution in [1.82, 2.24) is 4.90 Å². The predicted octanol–water partition coefficient (Wildman–Crippen LogP) is 1.18. The van der Waals surface area contributed by atoms with Gasteiger partial charge in [0.15, 0.2) is 6.10 Å². The molecule has 2 rings (SSSR count). The van der Waals surface area contributed by atoms with Gasteiger partial charge in [0, 0.05) is 0 Å². The number of terminal acetylenes is 1. The molecule has 1 saturated heterocycles. The van der Waals surface area contributed by atoms with Crippen molar-refractivity contribution in [3.63, 3.8) is 0 Å². The largest absolute Gasteiger partial charge is 0.343 e. The fraction of sp³-hybridized carbons (Fsp3) is 0.250. The molecule has 3 nitrogen and oxygen atoms in total. The van der Waals surface area contributed by atoms with Crippen molar-refractivity contribution in [2.45, 2.75) is 6.10 Å². The van der Waals surface area contributed by atoms with Gasteiger partial charge in [0.25, 0.3) is 5.91 Å². The number of hydrogen-bond donors (Lipinski definition) is 0. The zero-order chi connectivity index (χ0) is 10.7. The average molecular weight is 201 g/mol. The molecule has 0 radical (unpaired) electrons. The summed E-state index contributed by atoms with van der Waals surface area (Å²) in [5, 5.41) is 0. The summed E-state index contributed by atoms with van der Waals surface area (Å²) in [6.07, 6.45) is 4.67. The number of carbonyl (C=O) groups is 1. The van der Waals surface area contributed by atoms with Gasteiger partial charge in [-0.1, -0.05) is 36.3 Å². The SMILES string of the molecule is C#CCN1CO[C@H](c2ccccc2)C1=O. The first-order valence-corrected chi connectivity index (χ1v) is 4.71. The van der Waals surface area contributed by atoms with Gasteiger partial charge in [-0.3, -0.25) is 4.79 Å². The van der Waals surface area contributed by atoms with Gasteiger partial charge in [-0.2, -0.15) is 0 Å². The molecule has 1 aliphatic heterocycles. The van der Waals surface area contributed by atoms with Crippen molar-refractivity contribution in [3.05, 3.63) is 35.9 Å². The Bertz CT molecular complexity index is 394. The van der Waals surface area contributed by atoms with Crippen LogP contribution in [-0.2, 0) is 9.53 Å². The summed E-state index contributed by atoms with van der Waals surface area (Å²) < 4.78 is 5.40. The molecule has 0 bridgehead atoms. The van der Waals surface area contributed by atoms with E-state index in [0.717, 1.165) is 5.56 Å². The van der Waals surface area contributed by atoms with Crippen LogP contribution in [0.3, 0.4) is 0 Å². The lowest BCUT2D eigenvalue weighted by molar-refractivity contribution is -0.129. The molecular weight excluding hydrogens is 190 g/mol. The summed E-state index contributed by atoms with van der Waals surface area (Å²) in [4.78, 5) is 13.3. The zero-order valence-corrected chi connectivity index (χ0v) is 8.22. The van der Waals surface area contributed by atoms with Gasteiger partial charge >= 0.3 is 0 Å². The van der Waals surface area contributed by atoms with E-state index < -0.39 is 6.10 Å². The molecular formula is C12H11NO2. The maximum Gasteiger partial charge on any atom is 0.259 e. The van der Waals surface area contributed by atoms with Crippen LogP contribution < -0.4 is 0 Å². The Morgan fingerprint density at radius 3 is 2.87 bits per heavy atom. The standard InChI is InChI=1S/C12H11NO2/c1-2-8-13-9-15-11(12(13)14)10-6-4-3-5-7-10/h1,3-7,11H,8-9H2/t11-/m1/s1. The summed E-state index contributed by atoms with van der Waals surface area (Å²) in [5.41, 5.74) is 0.877. The molecule has 0 saturated carbocycles. The average Bonchev–Trinajstić information content (AvgIpc) is 2.63. The van der Waals surface area contributed by atoms with Gasteiger partial charge in [-0.25, -0.2) is 0 Å². The first-order chi connectivity index (χ1) is 7.33. The molecule has 0 aliphatic carbocycles. The molecule has 0 N–H and O–H groups in total. The lowest BCUT2D eigenvalue weighted by Gasteiger charge is -2.09. The van der Waals surface area contributed by atoms with Crippen LogP contribution in [0.4, 0.5) is 0 Å². The van der Waals surface area contributed by atoms with E-state index >= 15 is 0 Å². The fourth-order valence-corrected chi connectivity index (χ4v) is 1.57. The monoisotopic (exact) mass is 201 g/mol. The van der Waals surface area contributed by atoms with Crippen LogP contribution in [-0.4, -0.2) is 24.1 Å². The highest BCUT2D eigenvalue weighted by atomic mass is 16.5. The van der Waals surface area contributed by atoms with Crippen LogP contribution in [0, 0.1) is 12.3 Å². The summed E-state index contributed by atoms with van der Waals surface area (Å²) >= 11 is 0. The van der Waals surface area contributed by atoms with Crippen LogP contribution in [0.25, 0.3) is 0 Å².